The molecule has 1 atom stereocenters. The Morgan fingerprint density at radius 1 is 1.25 bits per heavy atom. The van der Waals surface area contributed by atoms with Crippen LogP contribution >= 0.6 is 0 Å². The molecule has 0 saturated carbocycles. The number of aryl methyl sites for hydroxylation is 1. The van der Waals surface area contributed by atoms with E-state index in [4.69, 9.17) is 14.2 Å². The van der Waals surface area contributed by atoms with Crippen molar-refractivity contribution in [2.75, 3.05) is 19.8 Å². The minimum Gasteiger partial charge on any atom is -0.804 e. The molecular weight excluding hydrogens is 441 g/mol. The Labute approximate surface area is 212 Å². The summed E-state index contributed by atoms with van der Waals surface area (Å²) in [5.41, 5.74) is 3.24. The van der Waals surface area contributed by atoms with Crippen molar-refractivity contribution >= 4 is 21.8 Å². The summed E-state index contributed by atoms with van der Waals surface area (Å²) in [7, 11) is -1.64. The van der Waals surface area contributed by atoms with Gasteiger partial charge in [-0.25, -0.2) is 4.98 Å². The Bertz CT molecular complexity index is 1120. The van der Waals surface area contributed by atoms with Crippen LogP contribution in [-0.2, 0) is 26.0 Å². The molecule has 10 heteroatoms. The molecular formula is C22H26N3NaO5S. The van der Waals surface area contributed by atoms with Crippen molar-refractivity contribution in [1.82, 2.24) is 14.7 Å². The maximum atomic E-state index is 12.9. The van der Waals surface area contributed by atoms with Crippen LogP contribution in [0.4, 0.5) is 0 Å². The third-order valence-electron chi connectivity index (χ3n) is 5.30. The summed E-state index contributed by atoms with van der Waals surface area (Å²) in [4.78, 5) is 8.69. The van der Waals surface area contributed by atoms with Crippen molar-refractivity contribution in [1.29, 1.82) is 0 Å². The van der Waals surface area contributed by atoms with Crippen LogP contribution < -0.4 is 34.3 Å². The summed E-state index contributed by atoms with van der Waals surface area (Å²) in [6.45, 7) is 9.16. The van der Waals surface area contributed by atoms with E-state index in [-0.39, 0.29) is 46.4 Å². The molecule has 0 amide bonds. The van der Waals surface area contributed by atoms with E-state index in [1.165, 1.54) is 0 Å². The molecule has 1 aromatic carbocycles. The van der Waals surface area contributed by atoms with E-state index >= 15 is 0 Å². The van der Waals surface area contributed by atoms with E-state index in [1.54, 1.807) is 30.5 Å². The molecule has 1 fully saturated rings. The molecule has 3 aromatic rings. The molecule has 2 aromatic heterocycles. The van der Waals surface area contributed by atoms with Gasteiger partial charge in [-0.2, -0.15) is 0 Å². The molecule has 0 N–H and O–H groups in total. The fourth-order valence-corrected chi connectivity index (χ4v) is 4.61. The number of aromatic nitrogens is 3. The molecule has 3 heterocycles. The maximum absolute atomic E-state index is 12.9. The van der Waals surface area contributed by atoms with Gasteiger partial charge in [0.25, 0.3) is 0 Å². The van der Waals surface area contributed by atoms with Crippen molar-refractivity contribution in [3.05, 3.63) is 52.5 Å². The molecule has 1 saturated heterocycles. The van der Waals surface area contributed by atoms with Crippen LogP contribution in [0.2, 0.25) is 0 Å². The van der Waals surface area contributed by atoms with Crippen LogP contribution in [0.5, 0.6) is 5.75 Å². The maximum Gasteiger partial charge on any atom is 1.00 e. The molecule has 0 spiro atoms. The zero-order valence-electron chi connectivity index (χ0n) is 19.1. The van der Waals surface area contributed by atoms with E-state index in [1.807, 2.05) is 27.7 Å². The van der Waals surface area contributed by atoms with Gasteiger partial charge in [-0.15, -0.1) is 0 Å². The smallest absolute Gasteiger partial charge is 0.804 e. The molecule has 8 nitrogen and oxygen atoms in total. The molecule has 32 heavy (non-hydrogen) atoms. The third-order valence-corrected chi connectivity index (χ3v) is 6.50. The standard InChI is InChI=1S/C22H26N3O5S.Na/c1-14-9-23-18(13-31(27)21-24-17-7-5-6-8-19(17)25(21)26)15(2)20(14)28-10-16-11-29-22(3,4)30-12-16;/h5-9,16H,10-13H2,1-4H3;/q-1;+1. The molecule has 0 bridgehead atoms. The van der Waals surface area contributed by atoms with Crippen LogP contribution in [0, 0.1) is 25.0 Å². The van der Waals surface area contributed by atoms with Crippen molar-refractivity contribution < 1.29 is 48.0 Å². The summed E-state index contributed by atoms with van der Waals surface area (Å²) in [5.74, 6) is 0.354. The van der Waals surface area contributed by atoms with Gasteiger partial charge in [0, 0.05) is 23.2 Å². The van der Waals surface area contributed by atoms with E-state index < -0.39 is 16.6 Å². The molecule has 1 aliphatic heterocycles. The van der Waals surface area contributed by atoms with Crippen molar-refractivity contribution in [2.24, 2.45) is 5.92 Å². The number of ether oxygens (including phenoxy) is 3. The van der Waals surface area contributed by atoms with Crippen molar-refractivity contribution in [2.45, 2.75) is 44.4 Å². The number of hydrogen-bond donors (Lipinski definition) is 0. The number of rotatable bonds is 6. The first-order valence-electron chi connectivity index (χ1n) is 10.1. The molecule has 0 aliphatic carbocycles. The van der Waals surface area contributed by atoms with Gasteiger partial charge in [0.1, 0.15) is 5.75 Å². The predicted molar refractivity (Wildman–Crippen MR) is 117 cm³/mol. The SMILES string of the molecule is Cc1cnc(CS(=O)c2nc3ccccc3n2[O-])c(C)c1OCC1COC(C)(C)OC1.[Na+]. The largest absolute Gasteiger partial charge is 1.00 e. The second kappa shape index (κ2) is 10.2. The van der Waals surface area contributed by atoms with Crippen LogP contribution in [0.3, 0.4) is 0 Å². The Kier molecular flexibility index (Phi) is 8.01. The number of nitrogens with zero attached hydrogens (tertiary/aromatic N) is 3. The van der Waals surface area contributed by atoms with Gasteiger partial charge < -0.3 is 24.1 Å². The summed E-state index contributed by atoms with van der Waals surface area (Å²) in [6.07, 6.45) is 1.70. The van der Waals surface area contributed by atoms with Crippen LogP contribution in [0.15, 0.2) is 35.6 Å². The first-order valence-corrected chi connectivity index (χ1v) is 11.5. The Balaban J connectivity index is 0.00000289. The van der Waals surface area contributed by atoms with Gasteiger partial charge in [-0.05, 0) is 39.8 Å². The number of pyridine rings is 1. The molecule has 0 radical (unpaired) electrons. The number of para-hydroxylation sites is 2. The second-order valence-corrected chi connectivity index (χ2v) is 9.55. The molecule has 1 unspecified atom stereocenters. The van der Waals surface area contributed by atoms with Gasteiger partial charge in [0.15, 0.2) is 10.9 Å². The zero-order chi connectivity index (χ0) is 22.2. The van der Waals surface area contributed by atoms with Crippen molar-refractivity contribution in [3.8, 4) is 5.75 Å². The fraction of sp³-hybridized carbons (Fsp3) is 0.455. The monoisotopic (exact) mass is 467 g/mol. The van der Waals surface area contributed by atoms with Gasteiger partial charge in [0.05, 0.1) is 53.1 Å². The average Bonchev–Trinajstić information content (AvgIpc) is 3.08. The van der Waals surface area contributed by atoms with Gasteiger partial charge >= 0.3 is 29.6 Å². The van der Waals surface area contributed by atoms with Crippen LogP contribution in [0.25, 0.3) is 11.0 Å². The van der Waals surface area contributed by atoms with Crippen LogP contribution in [0.1, 0.15) is 30.7 Å². The summed E-state index contributed by atoms with van der Waals surface area (Å²) in [6, 6.07) is 6.94. The Morgan fingerprint density at radius 2 is 1.94 bits per heavy atom. The third kappa shape index (κ3) is 5.35. The first-order chi connectivity index (χ1) is 14.7. The number of benzene rings is 1. The van der Waals surface area contributed by atoms with E-state index in [0.717, 1.165) is 11.1 Å². The number of imidazole rings is 1. The summed E-state index contributed by atoms with van der Waals surface area (Å²) < 4.78 is 31.1. The molecule has 4 rings (SSSR count). The normalized spacial score (nSPS) is 17.1. The van der Waals surface area contributed by atoms with Crippen LogP contribution in [-0.4, -0.2) is 44.5 Å². The minimum atomic E-state index is -1.64. The summed E-state index contributed by atoms with van der Waals surface area (Å²) >= 11 is 0. The van der Waals surface area contributed by atoms with Gasteiger partial charge in [-0.1, -0.05) is 12.1 Å². The minimum absolute atomic E-state index is 0. The van der Waals surface area contributed by atoms with E-state index in [0.29, 0.717) is 47.0 Å². The topological polar surface area (TPSA) is 98.5 Å². The average molecular weight is 468 g/mol. The van der Waals surface area contributed by atoms with E-state index in [2.05, 4.69) is 9.97 Å². The van der Waals surface area contributed by atoms with Crippen molar-refractivity contribution in [3.63, 3.8) is 0 Å². The molecule has 1 aliphatic rings. The number of fused-ring (bicyclic) bond motifs is 1. The Morgan fingerprint density at radius 3 is 2.62 bits per heavy atom. The Hall–Kier alpha value is -1.49. The predicted octanol–water partition coefficient (Wildman–Crippen LogP) is 0.484. The number of hydrogen-bond acceptors (Lipinski definition) is 7. The van der Waals surface area contributed by atoms with Gasteiger partial charge in [0.2, 0.25) is 0 Å². The second-order valence-electron chi connectivity index (χ2n) is 8.21. The van der Waals surface area contributed by atoms with Gasteiger partial charge in [-0.3, -0.25) is 9.19 Å². The summed E-state index contributed by atoms with van der Waals surface area (Å²) in [5, 5.41) is 12.5. The quantitative estimate of drug-likeness (QED) is 0.487. The van der Waals surface area contributed by atoms with E-state index in [9.17, 15) is 9.42 Å². The fourth-order valence-electron chi connectivity index (χ4n) is 3.46. The first kappa shape index (κ1) is 25.1. The zero-order valence-corrected chi connectivity index (χ0v) is 21.9. The molecule has 166 valence electrons.